The van der Waals surface area contributed by atoms with Crippen molar-refractivity contribution in [2.75, 3.05) is 59.0 Å². The van der Waals surface area contributed by atoms with Gasteiger partial charge in [0.15, 0.2) is 9.84 Å². The van der Waals surface area contributed by atoms with E-state index < -0.39 is 19.9 Å². The number of carbonyl (C=O) groups excluding carboxylic acids is 3. The van der Waals surface area contributed by atoms with Crippen molar-refractivity contribution in [2.24, 2.45) is 0 Å². The van der Waals surface area contributed by atoms with Gasteiger partial charge in [-0.1, -0.05) is 108 Å². The van der Waals surface area contributed by atoms with Crippen molar-refractivity contribution in [2.45, 2.75) is 99.5 Å². The van der Waals surface area contributed by atoms with Gasteiger partial charge in [0.1, 0.15) is 5.75 Å². The van der Waals surface area contributed by atoms with E-state index in [-0.39, 0.29) is 34.6 Å². The topological polar surface area (TPSA) is 314 Å². The number of hydrogen-bond donors (Lipinski definition) is 9. The lowest BCUT2D eigenvalue weighted by Crippen LogP contribution is -2.39. The van der Waals surface area contributed by atoms with Crippen molar-refractivity contribution >= 4 is 133 Å². The van der Waals surface area contributed by atoms with Crippen LogP contribution in [-0.2, 0) is 41.2 Å². The van der Waals surface area contributed by atoms with Crippen molar-refractivity contribution in [3.63, 3.8) is 0 Å². The highest BCUT2D eigenvalue weighted by atomic mass is 79.9. The molecular weight excluding hydrogens is 1190 g/mol. The van der Waals surface area contributed by atoms with Crippen LogP contribution in [0.2, 0.25) is 0 Å². The number of nitrogens with one attached hydrogen (secondary N) is 9. The highest BCUT2D eigenvalue weighted by molar-refractivity contribution is 9.10. The van der Waals surface area contributed by atoms with Crippen LogP contribution in [0.3, 0.4) is 0 Å². The maximum Gasteiger partial charge on any atom is 0.333 e. The molecule has 0 spiro atoms. The van der Waals surface area contributed by atoms with E-state index in [2.05, 4.69) is 152 Å². The number of nitrogens with zero attached hydrogens (tertiary/aromatic N) is 6. The number of anilines is 4. The maximum atomic E-state index is 12.3. The second-order valence-electron chi connectivity index (χ2n) is 17.5. The fourth-order valence-corrected chi connectivity index (χ4v) is 12.0. The smallest absolute Gasteiger partial charge is 0.333 e. The lowest BCUT2D eigenvalue weighted by molar-refractivity contribution is -0.118. The van der Waals surface area contributed by atoms with Gasteiger partial charge >= 0.3 is 12.1 Å². The Bertz CT molecular complexity index is 3050. The Morgan fingerprint density at radius 1 is 0.727 bits per heavy atom. The zero-order valence-electron chi connectivity index (χ0n) is 43.8. The fraction of sp³-hybridized carbons (Fsp3) is 0.413. The summed E-state index contributed by atoms with van der Waals surface area (Å²) in [6, 6.07) is 21.3. The average Bonchev–Trinajstić information content (AvgIpc) is 4.18. The molecule has 0 atom stereocenters. The molecule has 5 amide bonds. The summed E-state index contributed by atoms with van der Waals surface area (Å²) in [6.07, 6.45) is 3.83. The molecule has 0 saturated carbocycles. The number of hydrogen-bond acceptors (Lipinski definition) is 22. The third kappa shape index (κ3) is 23.5. The van der Waals surface area contributed by atoms with Crippen molar-refractivity contribution in [3.05, 3.63) is 94.2 Å². The molecule has 31 heteroatoms. The van der Waals surface area contributed by atoms with Crippen LogP contribution in [0.15, 0.2) is 92.7 Å². The Hall–Kier alpha value is -5.57. The minimum absolute atomic E-state index is 0.00927. The molecule has 0 fully saturated rings. The number of hydrazine groups is 3. The first-order chi connectivity index (χ1) is 36.4. The summed E-state index contributed by atoms with van der Waals surface area (Å²) in [4.78, 5) is 46.4. The first-order valence-electron chi connectivity index (χ1n) is 23.5. The van der Waals surface area contributed by atoms with Crippen molar-refractivity contribution in [1.82, 2.24) is 55.0 Å². The number of rotatable bonds is 25. The van der Waals surface area contributed by atoms with E-state index in [1.807, 2.05) is 6.07 Å². The minimum Gasteiger partial charge on any atom is -0.493 e. The summed E-state index contributed by atoms with van der Waals surface area (Å²) in [6.45, 7) is 15.8. The molecule has 0 radical (unpaired) electrons. The molecule has 0 aliphatic heterocycles. The molecule has 3 aromatic carbocycles. The summed E-state index contributed by atoms with van der Waals surface area (Å²) in [5.41, 5.74) is 19.3. The van der Waals surface area contributed by atoms with Crippen LogP contribution in [0.1, 0.15) is 84.4 Å². The molecule has 0 bridgehead atoms. The van der Waals surface area contributed by atoms with Crippen LogP contribution < -0.4 is 52.6 Å². The Morgan fingerprint density at radius 3 is 1.94 bits per heavy atom. The predicted octanol–water partition coefficient (Wildman–Crippen LogP) is 8.80. The van der Waals surface area contributed by atoms with Gasteiger partial charge in [0.2, 0.25) is 46.4 Å². The first kappa shape index (κ1) is 64.0. The van der Waals surface area contributed by atoms with E-state index in [1.54, 1.807) is 48.5 Å². The second-order valence-corrected chi connectivity index (χ2v) is 26.3. The normalized spacial score (nSPS) is 11.4. The quantitative estimate of drug-likeness (QED) is 0.0147. The van der Waals surface area contributed by atoms with Crippen molar-refractivity contribution in [3.8, 4) is 5.75 Å². The van der Waals surface area contributed by atoms with Gasteiger partial charge in [-0.3, -0.25) is 31.2 Å². The highest BCUT2D eigenvalue weighted by Crippen LogP contribution is 2.38. The Morgan fingerprint density at radius 2 is 1.34 bits per heavy atom. The van der Waals surface area contributed by atoms with Crippen molar-refractivity contribution in [1.29, 1.82) is 0 Å². The minimum atomic E-state index is -3.34. The Labute approximate surface area is 478 Å². The summed E-state index contributed by atoms with van der Waals surface area (Å²) >= 11 is 9.10. The molecule has 6 rings (SSSR count). The lowest BCUT2D eigenvalue weighted by atomic mass is 9.76. The van der Waals surface area contributed by atoms with Crippen LogP contribution in [0.5, 0.6) is 5.75 Å². The molecule has 6 aromatic rings. The molecule has 0 saturated heterocycles. The molecule has 77 heavy (non-hydrogen) atoms. The molecule has 3 aromatic heterocycles. The number of aromatic nitrogens is 6. The summed E-state index contributed by atoms with van der Waals surface area (Å²) in [5, 5.41) is 7.63. The number of halogens is 1. The zero-order chi connectivity index (χ0) is 56.7. The average molecular weight is 1260 g/mol. The summed E-state index contributed by atoms with van der Waals surface area (Å²) in [5.74, 6) is 1.59. The van der Waals surface area contributed by atoms with Crippen LogP contribution in [0.25, 0.3) is 0 Å². The number of amides is 5. The van der Waals surface area contributed by atoms with Gasteiger partial charge in [-0.2, -0.15) is 28.1 Å². The van der Waals surface area contributed by atoms with Gasteiger partial charge < -0.3 is 15.4 Å². The molecule has 0 aliphatic rings. The fourth-order valence-electron chi connectivity index (χ4n) is 5.90. The zero-order valence-corrected chi connectivity index (χ0v) is 51.1. The van der Waals surface area contributed by atoms with Crippen molar-refractivity contribution < 1.29 is 36.0 Å². The monoisotopic (exact) mass is 1260 g/mol. The Balaban J connectivity index is 0.000000308. The SMILES string of the molecule is CC(=O)NNc1nc(SCCS(=O)(=O)c2ccccc2)ns1.CCC(C)(C)c1ccc(OCCCNC(=O)NNc2nc(SCc3cccc(NS(C)(=O)=O)c3)ns2)c(C(C)(C)CC)c1.CNC(=O)NNc1nc(Br)ns1. The number of carbonyl (C=O) groups is 3. The second kappa shape index (κ2) is 31.1. The molecule has 3 heterocycles. The third-order valence-electron chi connectivity index (χ3n) is 10.8. The van der Waals surface area contributed by atoms with Gasteiger partial charge in [-0.15, -0.1) is 0 Å². The lowest BCUT2D eigenvalue weighted by Gasteiger charge is -2.30. The number of urea groups is 2. The van der Waals surface area contributed by atoms with Gasteiger partial charge in [0.05, 0.1) is 23.5 Å². The largest absolute Gasteiger partial charge is 0.493 e. The third-order valence-corrected chi connectivity index (χ3v) is 17.8. The van der Waals surface area contributed by atoms with Crippen LogP contribution in [-0.4, -0.2) is 101 Å². The van der Waals surface area contributed by atoms with Gasteiger partial charge in [0.25, 0.3) is 0 Å². The van der Waals surface area contributed by atoms with E-state index in [0.717, 1.165) is 65.0 Å². The number of benzene rings is 3. The van der Waals surface area contributed by atoms with Gasteiger partial charge in [-0.05, 0) is 87.5 Å². The highest BCUT2D eigenvalue weighted by Gasteiger charge is 2.27. The van der Waals surface area contributed by atoms with E-state index in [4.69, 9.17) is 4.74 Å². The van der Waals surface area contributed by atoms with Gasteiger partial charge in [-0.25, -0.2) is 37.3 Å². The standard InChI is InChI=1S/C30H44N6O4S3.C12H14N4O3S3.C4H6BrN5OS/c1-8-29(3,4)22-14-15-25(24(19-22)30(5,6)9-2)40-17-11-16-31-26(37)33-34-27-32-28(35-42-27)41-20-21-12-10-13-23(18-21)36-43(7,38)39;1-9(17)14-15-11-13-12(16-21-11)20-7-8-22(18,19)10-5-3-2-4-6-10;1-6-3(11)8-9-4-7-2(5)10-12-4/h10,12-15,18-19,36H,8-9,11,16-17,20H2,1-7H3,(H2,31,33,37)(H,32,34,35);2-6H,7-8H2,1H3,(H,14,17)(H,13,15,16);1H3,(H2,6,8,11)(H,7,9,10). The van der Waals surface area contributed by atoms with E-state index in [9.17, 15) is 31.2 Å². The number of sulfonamides is 1. The number of sulfone groups is 1. The molecule has 23 nitrogen and oxygen atoms in total. The van der Waals surface area contributed by atoms with Crippen LogP contribution in [0.4, 0.5) is 30.7 Å². The summed E-state index contributed by atoms with van der Waals surface area (Å²) in [7, 11) is -5.11. The maximum absolute atomic E-state index is 12.3. The van der Waals surface area contributed by atoms with Gasteiger partial charge in [0, 0.05) is 77.9 Å². The summed E-state index contributed by atoms with van der Waals surface area (Å²) < 4.78 is 68.4. The number of thioether (sulfide) groups is 2. The molecule has 420 valence electrons. The Kier molecular flexibility index (Phi) is 25.9. The van der Waals surface area contributed by atoms with E-state index in [1.165, 1.54) is 48.6 Å². The van der Waals surface area contributed by atoms with E-state index in [0.29, 0.717) is 72.1 Å². The first-order valence-corrected chi connectivity index (χ1v) is 32.2. The van der Waals surface area contributed by atoms with E-state index >= 15 is 0 Å². The van der Waals surface area contributed by atoms with Crippen LogP contribution >= 0.6 is 74.1 Å². The predicted molar refractivity (Wildman–Crippen MR) is 313 cm³/mol. The molecule has 0 aliphatic carbocycles. The molecular formula is C46H64BrN15O8S7. The molecule has 9 N–H and O–H groups in total. The number of ether oxygens (including phenoxy) is 1. The molecule has 0 unspecified atom stereocenters. The van der Waals surface area contributed by atoms with Crippen LogP contribution in [0, 0.1) is 0 Å².